The highest BCUT2D eigenvalue weighted by molar-refractivity contribution is 7.80. The number of hydrogen-bond donors (Lipinski definition) is 3. The first kappa shape index (κ1) is 30.3. The summed E-state index contributed by atoms with van der Waals surface area (Å²) in [5.41, 5.74) is 1.95. The van der Waals surface area contributed by atoms with Crippen molar-refractivity contribution in [2.24, 2.45) is 0 Å². The van der Waals surface area contributed by atoms with Crippen LogP contribution >= 0.6 is 47.0 Å². The zero-order valence-electron chi connectivity index (χ0n) is 20.0. The SMILES string of the molecule is CCCCCCCCCCCCCCC(=O)N[C@@H](NC(=S)Nc1ccc(C)cc1)C(Cl)(Cl)Cl. The van der Waals surface area contributed by atoms with E-state index in [-0.39, 0.29) is 11.0 Å². The lowest BCUT2D eigenvalue weighted by atomic mass is 10.0. The third kappa shape index (κ3) is 15.7. The molecule has 1 aromatic carbocycles. The number of rotatable bonds is 16. The number of aryl methyl sites for hydroxylation is 1. The van der Waals surface area contributed by atoms with Gasteiger partial charge in [0.25, 0.3) is 0 Å². The zero-order valence-corrected chi connectivity index (χ0v) is 23.1. The summed E-state index contributed by atoms with van der Waals surface area (Å²) in [7, 11) is 0. The smallest absolute Gasteiger partial charge is 0.228 e. The summed E-state index contributed by atoms with van der Waals surface area (Å²) >= 11 is 23.5. The molecule has 1 amide bonds. The van der Waals surface area contributed by atoms with Crippen LogP contribution in [0.25, 0.3) is 0 Å². The van der Waals surface area contributed by atoms with Crippen molar-refractivity contribution < 1.29 is 4.79 Å². The molecule has 1 rings (SSSR count). The quantitative estimate of drug-likeness (QED) is 0.0862. The maximum absolute atomic E-state index is 12.4. The van der Waals surface area contributed by atoms with E-state index < -0.39 is 9.96 Å². The standard InChI is InChI=1S/C25H40Cl3N3OS/c1-3-4-5-6-7-8-9-10-11-12-13-14-15-22(32)30-23(25(26,27)28)31-24(33)29-21-18-16-20(2)17-19-21/h16-19,23H,3-15H2,1-2H3,(H,30,32)(H2,29,31,33)/t23-/m0/s1. The molecule has 0 saturated heterocycles. The Hall–Kier alpha value is -0.750. The molecule has 33 heavy (non-hydrogen) atoms. The van der Waals surface area contributed by atoms with Crippen LogP contribution in [0.4, 0.5) is 5.69 Å². The van der Waals surface area contributed by atoms with Crippen molar-refractivity contribution in [1.82, 2.24) is 10.6 Å². The van der Waals surface area contributed by atoms with Crippen LogP contribution < -0.4 is 16.0 Å². The van der Waals surface area contributed by atoms with Gasteiger partial charge in [-0.25, -0.2) is 0 Å². The highest BCUT2D eigenvalue weighted by Crippen LogP contribution is 2.29. The monoisotopic (exact) mass is 535 g/mol. The Balaban J connectivity index is 2.21. The summed E-state index contributed by atoms with van der Waals surface area (Å²) in [5.74, 6) is -0.163. The number of carbonyl (C=O) groups is 1. The van der Waals surface area contributed by atoms with Crippen LogP contribution in [-0.4, -0.2) is 21.0 Å². The van der Waals surface area contributed by atoms with E-state index in [4.69, 9.17) is 47.0 Å². The number of alkyl halides is 3. The highest BCUT2D eigenvalue weighted by atomic mass is 35.6. The van der Waals surface area contributed by atoms with Crippen LogP contribution in [0.1, 0.15) is 96.0 Å². The average Bonchev–Trinajstić information content (AvgIpc) is 2.75. The Morgan fingerprint density at radius 2 is 1.33 bits per heavy atom. The molecule has 8 heteroatoms. The van der Waals surface area contributed by atoms with Crippen molar-refractivity contribution in [3.8, 4) is 0 Å². The minimum absolute atomic E-state index is 0.163. The molecule has 0 heterocycles. The molecule has 0 spiro atoms. The maximum atomic E-state index is 12.4. The molecule has 1 aromatic rings. The predicted molar refractivity (Wildman–Crippen MR) is 148 cm³/mol. The fourth-order valence-corrected chi connectivity index (χ4v) is 4.06. The lowest BCUT2D eigenvalue weighted by Gasteiger charge is -2.27. The average molecular weight is 537 g/mol. The van der Waals surface area contributed by atoms with Crippen LogP contribution in [0.5, 0.6) is 0 Å². The van der Waals surface area contributed by atoms with Crippen molar-refractivity contribution in [1.29, 1.82) is 0 Å². The summed E-state index contributed by atoms with van der Waals surface area (Å²) in [5, 5.41) is 8.93. The summed E-state index contributed by atoms with van der Waals surface area (Å²) in [6.07, 6.45) is 14.4. The van der Waals surface area contributed by atoms with E-state index in [1.807, 2.05) is 31.2 Å². The van der Waals surface area contributed by atoms with E-state index in [1.54, 1.807) is 0 Å². The Morgan fingerprint density at radius 3 is 1.82 bits per heavy atom. The van der Waals surface area contributed by atoms with Crippen molar-refractivity contribution in [2.75, 3.05) is 5.32 Å². The number of nitrogens with one attached hydrogen (secondary N) is 3. The molecule has 0 aliphatic carbocycles. The molecule has 188 valence electrons. The van der Waals surface area contributed by atoms with Crippen molar-refractivity contribution in [3.05, 3.63) is 29.8 Å². The van der Waals surface area contributed by atoms with Crippen LogP contribution in [0.15, 0.2) is 24.3 Å². The first-order valence-electron chi connectivity index (χ1n) is 12.2. The van der Waals surface area contributed by atoms with Gasteiger partial charge < -0.3 is 16.0 Å². The fourth-order valence-electron chi connectivity index (χ4n) is 3.49. The fraction of sp³-hybridized carbons (Fsp3) is 0.680. The maximum Gasteiger partial charge on any atom is 0.228 e. The summed E-state index contributed by atoms with van der Waals surface area (Å²) < 4.78 is -1.74. The van der Waals surface area contributed by atoms with Gasteiger partial charge in [-0.1, -0.05) is 130 Å². The molecule has 0 aliphatic rings. The van der Waals surface area contributed by atoms with Crippen molar-refractivity contribution >= 4 is 63.7 Å². The minimum Gasteiger partial charge on any atom is -0.339 e. The molecular formula is C25H40Cl3N3OS. The first-order valence-corrected chi connectivity index (χ1v) is 13.8. The Bertz CT molecular complexity index is 680. The summed E-state index contributed by atoms with van der Waals surface area (Å²) in [6, 6.07) is 7.74. The minimum atomic E-state index is -1.74. The number of benzene rings is 1. The van der Waals surface area contributed by atoms with E-state index in [0.29, 0.717) is 6.42 Å². The molecule has 0 aromatic heterocycles. The zero-order chi connectivity index (χ0) is 24.5. The second-order valence-electron chi connectivity index (χ2n) is 8.65. The molecule has 0 saturated carbocycles. The molecule has 3 N–H and O–H groups in total. The molecule has 0 unspecified atom stereocenters. The molecule has 0 bridgehead atoms. The van der Waals surface area contributed by atoms with E-state index in [2.05, 4.69) is 22.9 Å². The van der Waals surface area contributed by atoms with Gasteiger partial charge >= 0.3 is 0 Å². The van der Waals surface area contributed by atoms with E-state index >= 15 is 0 Å². The molecule has 1 atom stereocenters. The van der Waals surface area contributed by atoms with E-state index in [9.17, 15) is 4.79 Å². The number of carbonyl (C=O) groups excluding carboxylic acids is 1. The lowest BCUT2D eigenvalue weighted by molar-refractivity contribution is -0.122. The van der Waals surface area contributed by atoms with Crippen LogP contribution in [0.3, 0.4) is 0 Å². The van der Waals surface area contributed by atoms with Gasteiger partial charge in [0.15, 0.2) is 5.11 Å². The Morgan fingerprint density at radius 1 is 0.848 bits per heavy atom. The molecule has 0 aliphatic heterocycles. The number of amides is 1. The number of hydrogen-bond acceptors (Lipinski definition) is 2. The van der Waals surface area contributed by atoms with Crippen LogP contribution in [0, 0.1) is 6.92 Å². The summed E-state index contributed by atoms with van der Waals surface area (Å²) in [6.45, 7) is 4.26. The third-order valence-electron chi connectivity index (χ3n) is 5.47. The van der Waals surface area contributed by atoms with Crippen molar-refractivity contribution in [3.63, 3.8) is 0 Å². The largest absolute Gasteiger partial charge is 0.339 e. The first-order chi connectivity index (χ1) is 15.7. The van der Waals surface area contributed by atoms with Gasteiger partial charge in [-0.05, 0) is 37.7 Å². The van der Waals surface area contributed by atoms with Gasteiger partial charge in [0.1, 0.15) is 6.17 Å². The Labute approximate surface area is 220 Å². The highest BCUT2D eigenvalue weighted by Gasteiger charge is 2.34. The van der Waals surface area contributed by atoms with Crippen LogP contribution in [-0.2, 0) is 4.79 Å². The number of halogens is 3. The molecule has 0 fully saturated rings. The topological polar surface area (TPSA) is 53.2 Å². The Kier molecular flexibility index (Phi) is 16.2. The van der Waals surface area contributed by atoms with E-state index in [1.165, 1.54) is 57.8 Å². The normalized spacial score (nSPS) is 12.3. The summed E-state index contributed by atoms with van der Waals surface area (Å²) in [4.78, 5) is 12.4. The number of unbranched alkanes of at least 4 members (excludes halogenated alkanes) is 11. The van der Waals surface area contributed by atoms with Gasteiger partial charge in [-0.2, -0.15) is 0 Å². The predicted octanol–water partition coefficient (Wildman–Crippen LogP) is 8.19. The molecule has 0 radical (unpaired) electrons. The number of anilines is 1. The third-order valence-corrected chi connectivity index (χ3v) is 6.35. The second-order valence-corrected chi connectivity index (χ2v) is 11.4. The van der Waals surface area contributed by atoms with Gasteiger partial charge in [0.05, 0.1) is 0 Å². The van der Waals surface area contributed by atoms with Crippen molar-refractivity contribution in [2.45, 2.75) is 107 Å². The number of thiocarbonyl (C=S) groups is 1. The van der Waals surface area contributed by atoms with Gasteiger partial charge in [0, 0.05) is 12.1 Å². The van der Waals surface area contributed by atoms with Gasteiger partial charge in [0.2, 0.25) is 9.70 Å². The molecule has 4 nitrogen and oxygen atoms in total. The second kappa shape index (κ2) is 17.7. The lowest BCUT2D eigenvalue weighted by Crippen LogP contribution is -2.56. The van der Waals surface area contributed by atoms with Gasteiger partial charge in [-0.3, -0.25) is 4.79 Å². The van der Waals surface area contributed by atoms with Crippen LogP contribution in [0.2, 0.25) is 0 Å². The van der Waals surface area contributed by atoms with E-state index in [0.717, 1.165) is 30.5 Å². The molecular weight excluding hydrogens is 497 g/mol. The van der Waals surface area contributed by atoms with Gasteiger partial charge in [-0.15, -0.1) is 0 Å².